The SMILES string of the molecule is CC1CCC(O)(CN2CCc3nn(C)c(=O)cc3C2)CC1. The van der Waals surface area contributed by atoms with E-state index in [0.717, 1.165) is 62.4 Å². The van der Waals surface area contributed by atoms with Gasteiger partial charge in [-0.3, -0.25) is 9.69 Å². The number of aryl methyl sites for hydroxylation is 1. The van der Waals surface area contributed by atoms with Crippen molar-refractivity contribution in [2.45, 2.75) is 51.2 Å². The first-order chi connectivity index (χ1) is 9.95. The van der Waals surface area contributed by atoms with Crippen molar-refractivity contribution in [3.05, 3.63) is 27.7 Å². The fraction of sp³-hybridized carbons (Fsp3) is 0.750. The number of β-amino-alcohol motifs (C(OH)–C–C–N with tert-alkyl or cyclic N) is 1. The van der Waals surface area contributed by atoms with E-state index in [9.17, 15) is 9.90 Å². The third-order valence-electron chi connectivity index (χ3n) is 5.04. The fourth-order valence-corrected chi connectivity index (χ4v) is 3.56. The third-order valence-corrected chi connectivity index (χ3v) is 5.04. The predicted octanol–water partition coefficient (Wildman–Crippen LogP) is 1.08. The highest BCUT2D eigenvalue weighted by atomic mass is 16.3. The Hall–Kier alpha value is -1.20. The van der Waals surface area contributed by atoms with Crippen molar-refractivity contribution >= 4 is 0 Å². The zero-order chi connectivity index (χ0) is 15.0. The monoisotopic (exact) mass is 291 g/mol. The molecule has 1 aromatic heterocycles. The zero-order valence-electron chi connectivity index (χ0n) is 13.0. The quantitative estimate of drug-likeness (QED) is 0.886. The van der Waals surface area contributed by atoms with Gasteiger partial charge in [-0.05, 0) is 37.2 Å². The average Bonchev–Trinajstić information content (AvgIpc) is 2.44. The second kappa shape index (κ2) is 5.54. The van der Waals surface area contributed by atoms with Crippen molar-refractivity contribution < 1.29 is 5.11 Å². The van der Waals surface area contributed by atoms with Crippen molar-refractivity contribution in [1.29, 1.82) is 0 Å². The lowest BCUT2D eigenvalue weighted by Gasteiger charge is -2.40. The number of rotatable bonds is 2. The van der Waals surface area contributed by atoms with Crippen LogP contribution in [0.5, 0.6) is 0 Å². The maximum absolute atomic E-state index is 11.7. The maximum atomic E-state index is 11.7. The van der Waals surface area contributed by atoms with Crippen LogP contribution in [-0.2, 0) is 20.0 Å². The van der Waals surface area contributed by atoms with Crippen LogP contribution in [0, 0.1) is 5.92 Å². The smallest absolute Gasteiger partial charge is 0.266 e. The van der Waals surface area contributed by atoms with E-state index in [0.29, 0.717) is 6.54 Å². The molecule has 0 atom stereocenters. The minimum absolute atomic E-state index is 0.0548. The minimum Gasteiger partial charge on any atom is -0.389 e. The zero-order valence-corrected chi connectivity index (χ0v) is 13.0. The summed E-state index contributed by atoms with van der Waals surface area (Å²) in [7, 11) is 1.70. The van der Waals surface area contributed by atoms with E-state index in [1.165, 1.54) is 4.68 Å². The standard InChI is InChI=1S/C16H25N3O2/c1-12-3-6-16(21,7-4-12)11-19-8-5-14-13(10-19)9-15(20)18(2)17-14/h9,12,21H,3-8,10-11H2,1-2H3. The molecule has 1 saturated carbocycles. The van der Waals surface area contributed by atoms with E-state index in [4.69, 9.17) is 0 Å². The van der Waals surface area contributed by atoms with Crippen LogP contribution in [0.3, 0.4) is 0 Å². The molecular weight excluding hydrogens is 266 g/mol. The minimum atomic E-state index is -0.544. The van der Waals surface area contributed by atoms with Gasteiger partial charge >= 0.3 is 0 Å². The Morgan fingerprint density at radius 2 is 2.14 bits per heavy atom. The van der Waals surface area contributed by atoms with Crippen LogP contribution in [0.25, 0.3) is 0 Å². The highest BCUT2D eigenvalue weighted by Crippen LogP contribution is 2.33. The van der Waals surface area contributed by atoms with Gasteiger partial charge in [-0.2, -0.15) is 5.10 Å². The van der Waals surface area contributed by atoms with Crippen LogP contribution in [-0.4, -0.2) is 38.5 Å². The second-order valence-corrected chi connectivity index (χ2v) is 6.95. The molecular formula is C16H25N3O2. The highest BCUT2D eigenvalue weighted by Gasteiger charge is 2.34. The van der Waals surface area contributed by atoms with Gasteiger partial charge in [-0.15, -0.1) is 0 Å². The number of hydrogen-bond donors (Lipinski definition) is 1. The molecule has 1 aromatic rings. The van der Waals surface area contributed by atoms with Crippen molar-refractivity contribution in [1.82, 2.24) is 14.7 Å². The summed E-state index contributed by atoms with van der Waals surface area (Å²) < 4.78 is 1.41. The van der Waals surface area contributed by atoms with Gasteiger partial charge in [0.05, 0.1) is 11.3 Å². The van der Waals surface area contributed by atoms with Gasteiger partial charge in [-0.25, -0.2) is 4.68 Å². The van der Waals surface area contributed by atoms with Crippen LogP contribution >= 0.6 is 0 Å². The van der Waals surface area contributed by atoms with Crippen molar-refractivity contribution in [2.24, 2.45) is 13.0 Å². The Bertz CT molecular complexity index is 573. The first kappa shape index (κ1) is 14.7. The number of aliphatic hydroxyl groups is 1. The Balaban J connectivity index is 1.69. The van der Waals surface area contributed by atoms with Crippen molar-refractivity contribution in [2.75, 3.05) is 13.1 Å². The van der Waals surface area contributed by atoms with Crippen molar-refractivity contribution in [3.63, 3.8) is 0 Å². The molecule has 1 N–H and O–H groups in total. The first-order valence-electron chi connectivity index (χ1n) is 7.96. The van der Waals surface area contributed by atoms with E-state index < -0.39 is 5.60 Å². The van der Waals surface area contributed by atoms with Gasteiger partial charge in [0.25, 0.3) is 5.56 Å². The van der Waals surface area contributed by atoms with E-state index in [1.807, 2.05) is 0 Å². The number of nitrogens with zero attached hydrogens (tertiary/aromatic N) is 3. The molecule has 0 aromatic carbocycles. The van der Waals surface area contributed by atoms with Crippen molar-refractivity contribution in [3.8, 4) is 0 Å². The Morgan fingerprint density at radius 1 is 1.43 bits per heavy atom. The predicted molar refractivity (Wildman–Crippen MR) is 81.0 cm³/mol. The maximum Gasteiger partial charge on any atom is 0.266 e. The third kappa shape index (κ3) is 3.19. The summed E-state index contributed by atoms with van der Waals surface area (Å²) >= 11 is 0. The van der Waals surface area contributed by atoms with Crippen LogP contribution in [0.1, 0.15) is 43.9 Å². The highest BCUT2D eigenvalue weighted by molar-refractivity contribution is 5.20. The number of fused-ring (bicyclic) bond motifs is 1. The molecule has 0 spiro atoms. The molecule has 116 valence electrons. The lowest BCUT2D eigenvalue weighted by molar-refractivity contribution is -0.0379. The Morgan fingerprint density at radius 3 is 2.86 bits per heavy atom. The molecule has 1 aliphatic carbocycles. The number of hydrogen-bond acceptors (Lipinski definition) is 4. The Labute approximate surface area is 125 Å². The lowest BCUT2D eigenvalue weighted by atomic mass is 9.79. The molecule has 5 nitrogen and oxygen atoms in total. The molecule has 5 heteroatoms. The largest absolute Gasteiger partial charge is 0.389 e. The van der Waals surface area contributed by atoms with Crippen LogP contribution in [0.2, 0.25) is 0 Å². The van der Waals surface area contributed by atoms with Gasteiger partial charge in [0.15, 0.2) is 0 Å². The summed E-state index contributed by atoms with van der Waals surface area (Å²) in [5.74, 6) is 0.736. The molecule has 2 heterocycles. The molecule has 0 amide bonds. The molecule has 0 bridgehead atoms. The molecule has 2 aliphatic rings. The van der Waals surface area contributed by atoms with Crippen LogP contribution in [0.15, 0.2) is 10.9 Å². The van der Waals surface area contributed by atoms with Gasteiger partial charge in [0.1, 0.15) is 0 Å². The van der Waals surface area contributed by atoms with Crippen LogP contribution < -0.4 is 5.56 Å². The van der Waals surface area contributed by atoms with E-state index in [-0.39, 0.29) is 5.56 Å². The first-order valence-corrected chi connectivity index (χ1v) is 7.96. The summed E-state index contributed by atoms with van der Waals surface area (Å²) in [5, 5.41) is 15.1. The number of aromatic nitrogens is 2. The molecule has 21 heavy (non-hydrogen) atoms. The molecule has 0 unspecified atom stereocenters. The topological polar surface area (TPSA) is 58.4 Å². The molecule has 3 rings (SSSR count). The van der Waals surface area contributed by atoms with E-state index >= 15 is 0 Å². The lowest BCUT2D eigenvalue weighted by Crippen LogP contribution is -2.47. The summed E-state index contributed by atoms with van der Waals surface area (Å²) in [6.45, 7) is 4.62. The second-order valence-electron chi connectivity index (χ2n) is 6.95. The molecule has 1 aliphatic heterocycles. The summed E-state index contributed by atoms with van der Waals surface area (Å²) in [5.41, 5.74) is 1.45. The molecule has 1 fully saturated rings. The van der Waals surface area contributed by atoms with Gasteiger partial charge in [-0.1, -0.05) is 6.92 Å². The normalized spacial score (nSPS) is 30.1. The van der Waals surface area contributed by atoms with Crippen LogP contribution in [0.4, 0.5) is 0 Å². The molecule has 0 radical (unpaired) electrons. The van der Waals surface area contributed by atoms with Gasteiger partial charge in [0, 0.05) is 39.2 Å². The summed E-state index contributed by atoms with van der Waals surface area (Å²) in [6, 6.07) is 1.70. The molecule has 0 saturated heterocycles. The summed E-state index contributed by atoms with van der Waals surface area (Å²) in [4.78, 5) is 14.0. The fourth-order valence-electron chi connectivity index (χ4n) is 3.56. The van der Waals surface area contributed by atoms with Gasteiger partial charge in [0.2, 0.25) is 0 Å². The summed E-state index contributed by atoms with van der Waals surface area (Å²) in [6.07, 6.45) is 4.88. The Kier molecular flexibility index (Phi) is 3.88. The van der Waals surface area contributed by atoms with E-state index in [2.05, 4.69) is 16.9 Å². The average molecular weight is 291 g/mol. The van der Waals surface area contributed by atoms with E-state index in [1.54, 1.807) is 13.1 Å². The van der Waals surface area contributed by atoms with Gasteiger partial charge < -0.3 is 5.11 Å².